The van der Waals surface area contributed by atoms with Crippen LogP contribution in [0.1, 0.15) is 40.5 Å². The van der Waals surface area contributed by atoms with Gasteiger partial charge in [-0.15, -0.1) is 0 Å². The molecule has 1 saturated heterocycles. The molecule has 0 bridgehead atoms. The number of hydrogen-bond acceptors (Lipinski definition) is 1. The summed E-state index contributed by atoms with van der Waals surface area (Å²) in [5.41, 5.74) is 0.659. The van der Waals surface area contributed by atoms with E-state index in [0.29, 0.717) is 5.41 Å². The molecule has 1 aliphatic heterocycles. The van der Waals surface area contributed by atoms with Gasteiger partial charge in [-0.3, -0.25) is 0 Å². The zero-order valence-corrected chi connectivity index (χ0v) is 8.85. The average Bonchev–Trinajstić information content (AvgIpc) is 1.95. The minimum Gasteiger partial charge on any atom is -0.372 e. The molecule has 0 aromatic heterocycles. The van der Waals surface area contributed by atoms with Crippen molar-refractivity contribution in [2.75, 3.05) is 6.54 Å². The van der Waals surface area contributed by atoms with E-state index in [1.807, 2.05) is 6.20 Å². The van der Waals surface area contributed by atoms with Crippen molar-refractivity contribution in [3.8, 4) is 0 Å². The van der Waals surface area contributed by atoms with Crippen LogP contribution < -0.4 is 0 Å². The van der Waals surface area contributed by atoms with Crippen LogP contribution in [0.3, 0.4) is 0 Å². The summed E-state index contributed by atoms with van der Waals surface area (Å²) < 4.78 is 0. The molecular formula is C11H21N. The lowest BCUT2D eigenvalue weighted by atomic mass is 9.68. The molecule has 12 heavy (non-hydrogen) atoms. The van der Waals surface area contributed by atoms with E-state index < -0.39 is 0 Å². The molecule has 1 heteroatoms. The first kappa shape index (κ1) is 9.63. The van der Waals surface area contributed by atoms with Gasteiger partial charge in [0.05, 0.1) is 0 Å². The molecule has 0 atom stereocenters. The SMILES string of the molecule is C=CN1CCCC(C)(C)C1(C)C. The van der Waals surface area contributed by atoms with Crippen molar-refractivity contribution in [2.24, 2.45) is 5.41 Å². The van der Waals surface area contributed by atoms with Gasteiger partial charge in [0.15, 0.2) is 0 Å². The Labute approximate surface area is 76.5 Å². The fraction of sp³-hybridized carbons (Fsp3) is 0.818. The molecule has 0 aromatic carbocycles. The van der Waals surface area contributed by atoms with E-state index in [4.69, 9.17) is 0 Å². The maximum Gasteiger partial charge on any atom is 0.0391 e. The summed E-state index contributed by atoms with van der Waals surface area (Å²) in [5, 5.41) is 0. The van der Waals surface area contributed by atoms with Gasteiger partial charge in [0, 0.05) is 12.1 Å². The van der Waals surface area contributed by atoms with Crippen molar-refractivity contribution in [1.82, 2.24) is 4.90 Å². The van der Waals surface area contributed by atoms with Gasteiger partial charge in [-0.25, -0.2) is 0 Å². The third-order valence-electron chi connectivity index (χ3n) is 3.80. The fourth-order valence-corrected chi connectivity index (χ4v) is 1.99. The molecular weight excluding hydrogens is 146 g/mol. The summed E-state index contributed by atoms with van der Waals surface area (Å²) in [6, 6.07) is 0. The molecule has 1 fully saturated rings. The first-order valence-electron chi connectivity index (χ1n) is 4.81. The number of rotatable bonds is 1. The number of piperidine rings is 1. The van der Waals surface area contributed by atoms with Crippen molar-refractivity contribution >= 4 is 0 Å². The first-order chi connectivity index (χ1) is 5.42. The van der Waals surface area contributed by atoms with Crippen molar-refractivity contribution in [3.63, 3.8) is 0 Å². The Balaban J connectivity index is 2.89. The van der Waals surface area contributed by atoms with Crippen LogP contribution in [0.15, 0.2) is 12.8 Å². The normalized spacial score (nSPS) is 26.8. The monoisotopic (exact) mass is 167 g/mol. The van der Waals surface area contributed by atoms with Gasteiger partial charge in [0.1, 0.15) is 0 Å². The quantitative estimate of drug-likeness (QED) is 0.580. The van der Waals surface area contributed by atoms with Crippen molar-refractivity contribution in [3.05, 3.63) is 12.8 Å². The molecule has 0 aromatic rings. The molecule has 0 radical (unpaired) electrons. The highest BCUT2D eigenvalue weighted by molar-refractivity contribution is 5.01. The Morgan fingerprint density at radius 2 is 1.83 bits per heavy atom. The third kappa shape index (κ3) is 1.26. The van der Waals surface area contributed by atoms with E-state index in [1.54, 1.807) is 0 Å². The molecule has 1 heterocycles. The molecule has 0 amide bonds. The highest BCUT2D eigenvalue weighted by atomic mass is 15.2. The second-order valence-corrected chi connectivity index (χ2v) is 4.92. The Morgan fingerprint density at radius 3 is 2.25 bits per heavy atom. The van der Waals surface area contributed by atoms with Crippen LogP contribution in [0.2, 0.25) is 0 Å². The standard InChI is InChI=1S/C11H21N/c1-6-12-9-7-8-10(2,3)11(12,4)5/h6H,1,7-9H2,2-5H3. The van der Waals surface area contributed by atoms with Gasteiger partial charge >= 0.3 is 0 Å². The van der Waals surface area contributed by atoms with Gasteiger partial charge in [-0.1, -0.05) is 20.4 Å². The predicted molar refractivity (Wildman–Crippen MR) is 54.0 cm³/mol. The Kier molecular flexibility index (Phi) is 2.24. The number of hydrogen-bond donors (Lipinski definition) is 0. The van der Waals surface area contributed by atoms with E-state index in [9.17, 15) is 0 Å². The van der Waals surface area contributed by atoms with Gasteiger partial charge in [0.2, 0.25) is 0 Å². The summed E-state index contributed by atoms with van der Waals surface area (Å²) in [4.78, 5) is 2.37. The lowest BCUT2D eigenvalue weighted by Crippen LogP contribution is -2.55. The summed E-state index contributed by atoms with van der Waals surface area (Å²) in [5.74, 6) is 0. The van der Waals surface area contributed by atoms with Crippen LogP contribution in [0.4, 0.5) is 0 Å². The molecule has 1 nitrogen and oxygen atoms in total. The second kappa shape index (κ2) is 2.79. The maximum atomic E-state index is 3.87. The molecule has 1 aliphatic rings. The minimum absolute atomic E-state index is 0.257. The van der Waals surface area contributed by atoms with Crippen LogP contribution in [-0.2, 0) is 0 Å². The highest BCUT2D eigenvalue weighted by Crippen LogP contribution is 2.43. The predicted octanol–water partition coefficient (Wildman–Crippen LogP) is 3.03. The summed E-state index contributed by atoms with van der Waals surface area (Å²) in [7, 11) is 0. The zero-order valence-electron chi connectivity index (χ0n) is 8.85. The van der Waals surface area contributed by atoms with Gasteiger partial charge in [-0.05, 0) is 38.3 Å². The van der Waals surface area contributed by atoms with Gasteiger partial charge < -0.3 is 4.90 Å². The third-order valence-corrected chi connectivity index (χ3v) is 3.80. The number of nitrogens with zero attached hydrogens (tertiary/aromatic N) is 1. The smallest absolute Gasteiger partial charge is 0.0391 e. The van der Waals surface area contributed by atoms with E-state index >= 15 is 0 Å². The summed E-state index contributed by atoms with van der Waals surface area (Å²) in [6.07, 6.45) is 4.60. The summed E-state index contributed by atoms with van der Waals surface area (Å²) >= 11 is 0. The molecule has 70 valence electrons. The molecule has 0 unspecified atom stereocenters. The summed E-state index contributed by atoms with van der Waals surface area (Å²) in [6.45, 7) is 14.4. The van der Waals surface area contributed by atoms with Crippen LogP contribution in [-0.4, -0.2) is 17.0 Å². The van der Waals surface area contributed by atoms with E-state index in [2.05, 4.69) is 39.2 Å². The Morgan fingerprint density at radius 1 is 1.25 bits per heavy atom. The molecule has 1 rings (SSSR count). The number of likely N-dealkylation sites (tertiary alicyclic amines) is 1. The molecule has 0 spiro atoms. The topological polar surface area (TPSA) is 3.24 Å². The fourth-order valence-electron chi connectivity index (χ4n) is 1.99. The van der Waals surface area contributed by atoms with Crippen molar-refractivity contribution in [1.29, 1.82) is 0 Å². The van der Waals surface area contributed by atoms with Gasteiger partial charge in [-0.2, -0.15) is 0 Å². The van der Waals surface area contributed by atoms with E-state index in [-0.39, 0.29) is 5.54 Å². The van der Waals surface area contributed by atoms with Crippen LogP contribution in [0.25, 0.3) is 0 Å². The second-order valence-electron chi connectivity index (χ2n) is 4.92. The molecule has 0 saturated carbocycles. The average molecular weight is 167 g/mol. The highest BCUT2D eigenvalue weighted by Gasteiger charge is 2.42. The lowest BCUT2D eigenvalue weighted by Gasteiger charge is -2.53. The Hall–Kier alpha value is -0.460. The maximum absolute atomic E-state index is 3.87. The Bertz CT molecular complexity index is 179. The van der Waals surface area contributed by atoms with Crippen LogP contribution in [0.5, 0.6) is 0 Å². The van der Waals surface area contributed by atoms with Crippen LogP contribution >= 0.6 is 0 Å². The van der Waals surface area contributed by atoms with E-state index in [1.165, 1.54) is 19.4 Å². The largest absolute Gasteiger partial charge is 0.372 e. The zero-order chi connectivity index (χ0) is 9.41. The molecule has 0 N–H and O–H groups in total. The van der Waals surface area contributed by atoms with Gasteiger partial charge in [0.25, 0.3) is 0 Å². The van der Waals surface area contributed by atoms with Crippen molar-refractivity contribution in [2.45, 2.75) is 46.1 Å². The minimum atomic E-state index is 0.257. The first-order valence-corrected chi connectivity index (χ1v) is 4.81. The molecule has 0 aliphatic carbocycles. The van der Waals surface area contributed by atoms with Crippen LogP contribution in [0, 0.1) is 5.41 Å². The van der Waals surface area contributed by atoms with Crippen molar-refractivity contribution < 1.29 is 0 Å². The van der Waals surface area contributed by atoms with E-state index in [0.717, 1.165) is 0 Å². The lowest BCUT2D eigenvalue weighted by molar-refractivity contribution is 0.00319.